The van der Waals surface area contributed by atoms with Gasteiger partial charge in [-0.2, -0.15) is 0 Å². The van der Waals surface area contributed by atoms with E-state index in [2.05, 4.69) is 4.98 Å². The Bertz CT molecular complexity index is 303. The zero-order valence-corrected chi connectivity index (χ0v) is 6.11. The van der Waals surface area contributed by atoms with E-state index in [4.69, 9.17) is 15.9 Å². The summed E-state index contributed by atoms with van der Waals surface area (Å²) >= 11 is 0. The van der Waals surface area contributed by atoms with Gasteiger partial charge in [-0.25, -0.2) is 0 Å². The number of nitrogens with zero attached hydrogens (tertiary/aromatic N) is 2. The van der Waals surface area contributed by atoms with Crippen LogP contribution in [0.3, 0.4) is 0 Å². The van der Waals surface area contributed by atoms with Gasteiger partial charge in [-0.05, 0) is 6.07 Å². The Morgan fingerprint density at radius 3 is 2.73 bits per heavy atom. The van der Waals surface area contributed by atoms with Crippen molar-refractivity contribution >= 4 is 11.4 Å². The highest BCUT2D eigenvalue weighted by atomic mass is 16.5. The summed E-state index contributed by atoms with van der Waals surface area (Å²) in [4.78, 5) is 2.96. The molecule has 0 unspecified atom stereocenters. The summed E-state index contributed by atoms with van der Waals surface area (Å²) in [5.74, 6) is 0.648. The highest BCUT2D eigenvalue weighted by Gasteiger charge is 2.10. The van der Waals surface area contributed by atoms with Crippen LogP contribution in [0.5, 0.6) is 5.75 Å². The number of nitrogens with two attached hydrogens (primary N) is 1. The normalized spacial score (nSPS) is 8.73. The molecule has 1 aromatic carbocycles. The highest BCUT2D eigenvalue weighted by molar-refractivity contribution is 5.68. The minimum absolute atomic E-state index is 0.353. The van der Waals surface area contributed by atoms with Crippen molar-refractivity contribution in [2.45, 2.75) is 0 Å². The fraction of sp³-hybridized carbons (Fsp3) is 0.143. The van der Waals surface area contributed by atoms with E-state index in [-0.39, 0.29) is 0 Å². The highest BCUT2D eigenvalue weighted by Crippen LogP contribution is 2.25. The molecule has 0 radical (unpaired) electrons. The first kappa shape index (κ1) is 7.35. The summed E-state index contributed by atoms with van der Waals surface area (Å²) in [7, 11) is 1.55. The van der Waals surface area contributed by atoms with Gasteiger partial charge in [-0.15, -0.1) is 0 Å². The van der Waals surface area contributed by atoms with E-state index in [0.717, 1.165) is 0 Å². The van der Waals surface area contributed by atoms with Gasteiger partial charge in [0.15, 0.2) is 4.98 Å². The lowest BCUT2D eigenvalue weighted by molar-refractivity contribution is 0.415. The topological polar surface area (TPSA) is 63.4 Å². The molecule has 0 fully saturated rings. The number of ether oxygens (including phenoxy) is 1. The second-order valence-corrected chi connectivity index (χ2v) is 2.02. The SMILES string of the molecule is COc1ccc([N+]#N)c(N)c1. The maximum absolute atomic E-state index is 8.39. The number of hydrogen-bond acceptors (Lipinski definition) is 3. The van der Waals surface area contributed by atoms with Gasteiger partial charge in [0.05, 0.1) is 7.11 Å². The predicted molar refractivity (Wildman–Crippen MR) is 42.2 cm³/mol. The molecule has 0 spiro atoms. The molecule has 0 saturated heterocycles. The van der Waals surface area contributed by atoms with E-state index >= 15 is 0 Å². The number of methoxy groups -OCH3 is 1. The summed E-state index contributed by atoms with van der Waals surface area (Å²) in [6, 6.07) is 4.84. The van der Waals surface area contributed by atoms with Crippen LogP contribution in [-0.2, 0) is 0 Å². The fourth-order valence-electron chi connectivity index (χ4n) is 0.751. The van der Waals surface area contributed by atoms with Crippen molar-refractivity contribution in [3.63, 3.8) is 0 Å². The molecular weight excluding hydrogens is 142 g/mol. The minimum atomic E-state index is 0.353. The molecule has 0 saturated carbocycles. The largest absolute Gasteiger partial charge is 0.497 e. The molecule has 0 amide bonds. The van der Waals surface area contributed by atoms with E-state index in [1.54, 1.807) is 25.3 Å². The van der Waals surface area contributed by atoms with E-state index in [9.17, 15) is 0 Å². The van der Waals surface area contributed by atoms with Crippen molar-refractivity contribution in [1.29, 1.82) is 5.39 Å². The quantitative estimate of drug-likeness (QED) is 0.490. The summed E-state index contributed by atoms with van der Waals surface area (Å²) in [6.07, 6.45) is 0. The van der Waals surface area contributed by atoms with Crippen molar-refractivity contribution in [3.8, 4) is 5.75 Å². The number of rotatable bonds is 1. The molecular formula is C7H8N3O+. The summed E-state index contributed by atoms with van der Waals surface area (Å²) in [6.45, 7) is 0. The van der Waals surface area contributed by atoms with E-state index in [0.29, 0.717) is 17.1 Å². The monoisotopic (exact) mass is 150 g/mol. The third-order valence-electron chi connectivity index (χ3n) is 1.34. The molecule has 1 rings (SSSR count). The third kappa shape index (κ3) is 1.38. The second kappa shape index (κ2) is 2.88. The summed E-state index contributed by atoms with van der Waals surface area (Å²) in [5, 5.41) is 8.39. The van der Waals surface area contributed by atoms with Gasteiger partial charge in [-0.3, -0.25) is 0 Å². The number of diazo groups is 1. The summed E-state index contributed by atoms with van der Waals surface area (Å²) < 4.78 is 4.89. The van der Waals surface area contributed by atoms with Crippen molar-refractivity contribution in [2.75, 3.05) is 12.8 Å². The van der Waals surface area contributed by atoms with E-state index in [1.807, 2.05) is 0 Å². The molecule has 1 aromatic rings. The van der Waals surface area contributed by atoms with Crippen LogP contribution in [0.2, 0.25) is 0 Å². The molecule has 4 heteroatoms. The Morgan fingerprint density at radius 1 is 1.55 bits per heavy atom. The van der Waals surface area contributed by atoms with Crippen LogP contribution in [0.1, 0.15) is 0 Å². The minimum Gasteiger partial charge on any atom is -0.497 e. The lowest BCUT2D eigenvalue weighted by Crippen LogP contribution is -1.87. The van der Waals surface area contributed by atoms with Gasteiger partial charge < -0.3 is 10.5 Å². The average Bonchev–Trinajstić information content (AvgIpc) is 2.04. The van der Waals surface area contributed by atoms with E-state index in [1.165, 1.54) is 0 Å². The van der Waals surface area contributed by atoms with Crippen LogP contribution in [-0.4, -0.2) is 7.11 Å². The van der Waals surface area contributed by atoms with Crippen LogP contribution >= 0.6 is 0 Å². The molecule has 11 heavy (non-hydrogen) atoms. The Kier molecular flexibility index (Phi) is 1.93. The first-order valence-electron chi connectivity index (χ1n) is 3.06. The smallest absolute Gasteiger partial charge is 0.407 e. The van der Waals surface area contributed by atoms with Crippen molar-refractivity contribution < 1.29 is 4.74 Å². The van der Waals surface area contributed by atoms with Gasteiger partial charge in [0.1, 0.15) is 11.4 Å². The van der Waals surface area contributed by atoms with Crippen LogP contribution < -0.4 is 10.5 Å². The zero-order chi connectivity index (χ0) is 8.27. The van der Waals surface area contributed by atoms with Crippen molar-refractivity contribution in [3.05, 3.63) is 23.2 Å². The van der Waals surface area contributed by atoms with Gasteiger partial charge in [-0.1, -0.05) is 0 Å². The van der Waals surface area contributed by atoms with Crippen LogP contribution in [0.4, 0.5) is 11.4 Å². The number of anilines is 1. The lowest BCUT2D eigenvalue weighted by atomic mass is 10.2. The standard InChI is InChI=1S/C7H8N3O/c1-11-5-2-3-7(10-9)6(8)4-5/h2-4H,8H2,1H3/q+1. The Hall–Kier alpha value is -1.76. The van der Waals surface area contributed by atoms with Gasteiger partial charge >= 0.3 is 5.69 Å². The molecule has 0 aliphatic rings. The number of hydrogen-bond donors (Lipinski definition) is 1. The number of benzene rings is 1. The maximum Gasteiger partial charge on any atom is 0.407 e. The fourth-order valence-corrected chi connectivity index (χ4v) is 0.751. The van der Waals surface area contributed by atoms with Gasteiger partial charge in [0.25, 0.3) is 0 Å². The Balaban J connectivity index is 3.12. The van der Waals surface area contributed by atoms with Crippen molar-refractivity contribution in [2.24, 2.45) is 0 Å². The molecule has 0 aromatic heterocycles. The van der Waals surface area contributed by atoms with Gasteiger partial charge in [0.2, 0.25) is 5.39 Å². The molecule has 0 aliphatic carbocycles. The average molecular weight is 150 g/mol. The van der Waals surface area contributed by atoms with Crippen LogP contribution in [0.25, 0.3) is 4.98 Å². The molecule has 56 valence electrons. The van der Waals surface area contributed by atoms with Crippen LogP contribution in [0.15, 0.2) is 18.2 Å². The summed E-state index contributed by atoms with van der Waals surface area (Å²) in [5.41, 5.74) is 6.22. The first-order valence-corrected chi connectivity index (χ1v) is 3.06. The first-order chi connectivity index (χ1) is 5.27. The molecule has 2 N–H and O–H groups in total. The van der Waals surface area contributed by atoms with Gasteiger partial charge in [0, 0.05) is 12.1 Å². The Morgan fingerprint density at radius 2 is 2.27 bits per heavy atom. The maximum atomic E-state index is 8.39. The molecule has 4 nitrogen and oxygen atoms in total. The Labute approximate surface area is 64.2 Å². The third-order valence-corrected chi connectivity index (χ3v) is 1.34. The zero-order valence-electron chi connectivity index (χ0n) is 6.11. The van der Waals surface area contributed by atoms with E-state index < -0.39 is 0 Å². The molecule has 0 bridgehead atoms. The number of nitrogen functional groups attached to an aromatic ring is 1. The molecule has 0 atom stereocenters. The van der Waals surface area contributed by atoms with Crippen LogP contribution in [0, 0.1) is 5.39 Å². The lowest BCUT2D eigenvalue weighted by Gasteiger charge is -1.96. The van der Waals surface area contributed by atoms with Crippen molar-refractivity contribution in [1.82, 2.24) is 0 Å². The predicted octanol–water partition coefficient (Wildman–Crippen LogP) is 1.76. The second-order valence-electron chi connectivity index (χ2n) is 2.02. The molecule has 0 heterocycles. The molecule has 0 aliphatic heterocycles.